The lowest BCUT2D eigenvalue weighted by atomic mass is 9.96. The van der Waals surface area contributed by atoms with E-state index in [0.29, 0.717) is 5.56 Å². The second-order valence-corrected chi connectivity index (χ2v) is 5.47. The minimum atomic E-state index is -0.774. The van der Waals surface area contributed by atoms with Gasteiger partial charge in [-0.25, -0.2) is 0 Å². The average molecular weight is 341 g/mol. The van der Waals surface area contributed by atoms with Crippen LogP contribution in [0.25, 0.3) is 0 Å². The van der Waals surface area contributed by atoms with E-state index in [1.165, 1.54) is 0 Å². The average Bonchev–Trinajstić information content (AvgIpc) is 3.14. The second kappa shape index (κ2) is 9.20. The molecule has 0 spiro atoms. The van der Waals surface area contributed by atoms with Gasteiger partial charge < -0.3 is 15.4 Å². The van der Waals surface area contributed by atoms with Crippen LogP contribution < -0.4 is 10.6 Å². The van der Waals surface area contributed by atoms with E-state index in [1.807, 2.05) is 31.7 Å². The summed E-state index contributed by atoms with van der Waals surface area (Å²) in [5.74, 6) is -0.299. The Balaban J connectivity index is 1.89. The van der Waals surface area contributed by atoms with E-state index >= 15 is 0 Å². The van der Waals surface area contributed by atoms with Crippen LogP contribution in [-0.4, -0.2) is 37.0 Å². The zero-order chi connectivity index (χ0) is 18.2. The van der Waals surface area contributed by atoms with Crippen LogP contribution in [0.3, 0.4) is 0 Å². The summed E-state index contributed by atoms with van der Waals surface area (Å²) in [4.78, 5) is 35.5. The minimum Gasteiger partial charge on any atom is -0.465 e. The van der Waals surface area contributed by atoms with Crippen LogP contribution in [0, 0.1) is 31.6 Å². The molecule has 1 fully saturated rings. The van der Waals surface area contributed by atoms with Crippen LogP contribution in [0.2, 0.25) is 0 Å². The van der Waals surface area contributed by atoms with E-state index in [0.717, 1.165) is 11.5 Å². The highest BCUT2D eigenvalue weighted by Gasteiger charge is 2.21. The Hall–Kier alpha value is -2.37. The predicted molar refractivity (Wildman–Crippen MR) is 92.6 cm³/mol. The molecule has 1 aliphatic rings. The predicted octanol–water partition coefficient (Wildman–Crippen LogP) is 1.24. The summed E-state index contributed by atoms with van der Waals surface area (Å²) in [6.45, 7) is 3.27. The van der Waals surface area contributed by atoms with Crippen molar-refractivity contribution < 1.29 is 19.1 Å². The zero-order valence-corrected chi connectivity index (χ0v) is 14.2. The highest BCUT2D eigenvalue weighted by molar-refractivity contribution is 5.98. The molecule has 25 heavy (non-hydrogen) atoms. The molecule has 2 rings (SSSR count). The van der Waals surface area contributed by atoms with Gasteiger partial charge in [-0.15, -0.1) is 0 Å². The molecule has 6 nitrogen and oxygen atoms in total. The lowest BCUT2D eigenvalue weighted by molar-refractivity contribution is -0.143. The number of hydrogen-bond acceptors (Lipinski definition) is 4. The molecule has 0 bridgehead atoms. The van der Waals surface area contributed by atoms with Crippen LogP contribution in [0.1, 0.15) is 29.8 Å². The SMILES string of the molecule is CCOC(=O)CNC(=O)[C@H](C)NC(=O)c1cccc([C]2[CH][CH][CH][CH]2)c1. The maximum atomic E-state index is 12.3. The van der Waals surface area contributed by atoms with Gasteiger partial charge >= 0.3 is 5.97 Å². The normalized spacial score (nSPS) is 15.4. The van der Waals surface area contributed by atoms with Gasteiger partial charge in [-0.3, -0.25) is 14.4 Å². The quantitative estimate of drug-likeness (QED) is 0.731. The number of nitrogens with one attached hydrogen (secondary N) is 2. The standard InChI is InChI=1S/C19H21N2O4/c1-3-25-17(22)12-20-18(23)13(2)21-19(24)16-10-6-9-15(11-16)14-7-4-5-8-14/h4-11,13H,3,12H2,1-2H3,(H,20,23)(H,21,24)/t13-/m0/s1. The van der Waals surface area contributed by atoms with Gasteiger partial charge in [-0.2, -0.15) is 0 Å². The molecule has 2 N–H and O–H groups in total. The number of amides is 2. The highest BCUT2D eigenvalue weighted by Crippen LogP contribution is 2.30. The molecule has 5 radical (unpaired) electrons. The van der Waals surface area contributed by atoms with Crippen molar-refractivity contribution in [3.8, 4) is 0 Å². The summed E-state index contributed by atoms with van der Waals surface area (Å²) in [5.41, 5.74) is 1.39. The molecule has 2 amide bonds. The van der Waals surface area contributed by atoms with Crippen molar-refractivity contribution >= 4 is 17.8 Å². The molecule has 0 heterocycles. The van der Waals surface area contributed by atoms with Gasteiger partial charge in [-0.1, -0.05) is 12.1 Å². The number of carbonyl (C=O) groups is 3. The lowest BCUT2D eigenvalue weighted by Gasteiger charge is -2.15. The third-order valence-electron chi connectivity index (χ3n) is 3.57. The molecule has 131 valence electrons. The Morgan fingerprint density at radius 3 is 2.56 bits per heavy atom. The third-order valence-corrected chi connectivity index (χ3v) is 3.57. The van der Waals surface area contributed by atoms with Gasteiger partial charge in [0.05, 0.1) is 6.61 Å². The summed E-state index contributed by atoms with van der Waals surface area (Å²) >= 11 is 0. The molecule has 1 saturated carbocycles. The van der Waals surface area contributed by atoms with Crippen LogP contribution in [-0.2, 0) is 14.3 Å². The van der Waals surface area contributed by atoms with Gasteiger partial charge in [-0.05, 0) is 57.2 Å². The van der Waals surface area contributed by atoms with Gasteiger partial charge in [0.25, 0.3) is 5.91 Å². The van der Waals surface area contributed by atoms with Crippen molar-refractivity contribution in [2.24, 2.45) is 0 Å². The van der Waals surface area contributed by atoms with Gasteiger partial charge in [0, 0.05) is 11.5 Å². The highest BCUT2D eigenvalue weighted by atomic mass is 16.5. The number of rotatable bonds is 7. The van der Waals surface area contributed by atoms with Crippen molar-refractivity contribution in [1.82, 2.24) is 10.6 Å². The van der Waals surface area contributed by atoms with Crippen LogP contribution in [0.15, 0.2) is 24.3 Å². The maximum Gasteiger partial charge on any atom is 0.325 e. The summed E-state index contributed by atoms with van der Waals surface area (Å²) in [6, 6.07) is 6.40. The summed E-state index contributed by atoms with van der Waals surface area (Å²) in [7, 11) is 0. The fourth-order valence-electron chi connectivity index (χ4n) is 2.28. The zero-order valence-electron chi connectivity index (χ0n) is 14.2. The van der Waals surface area contributed by atoms with Crippen LogP contribution in [0.5, 0.6) is 0 Å². The molecule has 6 heteroatoms. The van der Waals surface area contributed by atoms with E-state index in [2.05, 4.69) is 10.6 Å². The number of carbonyl (C=O) groups excluding carboxylic acids is 3. The van der Waals surface area contributed by atoms with E-state index < -0.39 is 17.9 Å². The lowest BCUT2D eigenvalue weighted by Crippen LogP contribution is -2.46. The molecule has 0 unspecified atom stereocenters. The van der Waals surface area contributed by atoms with E-state index in [4.69, 9.17) is 4.74 Å². The maximum absolute atomic E-state index is 12.3. The molecular weight excluding hydrogens is 320 g/mol. The first-order valence-corrected chi connectivity index (χ1v) is 8.07. The van der Waals surface area contributed by atoms with Crippen LogP contribution in [0.4, 0.5) is 0 Å². The molecular formula is C19H21N2O4. The summed E-state index contributed by atoms with van der Waals surface area (Å²) in [5, 5.41) is 5.05. The first-order chi connectivity index (χ1) is 12.0. The summed E-state index contributed by atoms with van der Waals surface area (Å²) in [6.07, 6.45) is 7.78. The number of ether oxygens (including phenoxy) is 1. The molecule has 1 aromatic rings. The Morgan fingerprint density at radius 2 is 1.88 bits per heavy atom. The monoisotopic (exact) mass is 341 g/mol. The molecule has 0 saturated heterocycles. The Labute approximate surface area is 148 Å². The van der Waals surface area contributed by atoms with E-state index in [1.54, 1.807) is 32.0 Å². The topological polar surface area (TPSA) is 84.5 Å². The first kappa shape index (κ1) is 19.0. The molecule has 1 aromatic carbocycles. The van der Waals surface area contributed by atoms with Crippen LogP contribution >= 0.6 is 0 Å². The number of hydrogen-bond donors (Lipinski definition) is 2. The number of benzene rings is 1. The Morgan fingerprint density at radius 1 is 1.16 bits per heavy atom. The second-order valence-electron chi connectivity index (χ2n) is 5.47. The fraction of sp³-hybridized carbons (Fsp3) is 0.263. The largest absolute Gasteiger partial charge is 0.465 e. The van der Waals surface area contributed by atoms with Gasteiger partial charge in [0.1, 0.15) is 12.6 Å². The van der Waals surface area contributed by atoms with Crippen molar-refractivity contribution in [3.63, 3.8) is 0 Å². The van der Waals surface area contributed by atoms with Crippen molar-refractivity contribution in [1.29, 1.82) is 0 Å². The van der Waals surface area contributed by atoms with E-state index in [9.17, 15) is 14.4 Å². The molecule has 0 aliphatic heterocycles. The van der Waals surface area contributed by atoms with Gasteiger partial charge in [0.15, 0.2) is 0 Å². The first-order valence-electron chi connectivity index (χ1n) is 8.07. The molecule has 0 aromatic heterocycles. The molecule has 1 aliphatic carbocycles. The molecule has 1 atom stereocenters. The Kier molecular flexibility index (Phi) is 6.98. The fourth-order valence-corrected chi connectivity index (χ4v) is 2.28. The van der Waals surface area contributed by atoms with Crippen molar-refractivity contribution in [2.75, 3.05) is 13.2 Å². The van der Waals surface area contributed by atoms with Crippen molar-refractivity contribution in [2.45, 2.75) is 19.9 Å². The third kappa shape index (κ3) is 5.59. The van der Waals surface area contributed by atoms with Gasteiger partial charge in [0.2, 0.25) is 5.91 Å². The Bertz CT molecular complexity index is 624. The smallest absolute Gasteiger partial charge is 0.325 e. The van der Waals surface area contributed by atoms with Crippen molar-refractivity contribution in [3.05, 3.63) is 67.0 Å². The van der Waals surface area contributed by atoms with E-state index in [-0.39, 0.29) is 19.1 Å². The summed E-state index contributed by atoms with van der Waals surface area (Å²) < 4.78 is 4.73. The minimum absolute atomic E-state index is 0.223. The number of esters is 1.